The quantitative estimate of drug-likeness (QED) is 0.899. The predicted octanol–water partition coefficient (Wildman–Crippen LogP) is 3.07. The Morgan fingerprint density at radius 3 is 2.44 bits per heavy atom. The Morgan fingerprint density at radius 1 is 1.04 bits per heavy atom. The van der Waals surface area contributed by atoms with Crippen molar-refractivity contribution in [3.63, 3.8) is 0 Å². The summed E-state index contributed by atoms with van der Waals surface area (Å²) >= 11 is 0. The van der Waals surface area contributed by atoms with Gasteiger partial charge >= 0.3 is 5.97 Å². The highest BCUT2D eigenvalue weighted by molar-refractivity contribution is 6.08. The molecule has 0 aromatic heterocycles. The Balaban J connectivity index is 1.50. The van der Waals surface area contributed by atoms with E-state index in [2.05, 4.69) is 0 Å². The Morgan fingerprint density at radius 2 is 1.74 bits per heavy atom. The standard InChI is InChI=1S/C21H21NO5/c23-20(22-13-18(21(24)25)17-3-1-2-4-19(17)22)14-5-7-15(8-6-14)27-16-9-11-26-12-10-16/h1-8,16,18H,9-13H2,(H,24,25). The SMILES string of the molecule is O=C(O)C1CN(C(=O)c2ccc(OC3CCOCC3)cc2)c2ccccc21. The number of carbonyl (C=O) groups is 2. The highest BCUT2D eigenvalue weighted by Gasteiger charge is 2.36. The molecule has 0 bridgehead atoms. The molecule has 0 aliphatic carbocycles. The summed E-state index contributed by atoms with van der Waals surface area (Å²) in [5, 5.41) is 9.46. The second-order valence-electron chi connectivity index (χ2n) is 6.82. The average Bonchev–Trinajstić information content (AvgIpc) is 3.09. The van der Waals surface area contributed by atoms with Crippen molar-refractivity contribution in [1.82, 2.24) is 0 Å². The van der Waals surface area contributed by atoms with Gasteiger partial charge in [-0.25, -0.2) is 0 Å². The van der Waals surface area contributed by atoms with Crippen LogP contribution < -0.4 is 9.64 Å². The monoisotopic (exact) mass is 367 g/mol. The first-order chi connectivity index (χ1) is 13.1. The number of anilines is 1. The molecule has 0 saturated carbocycles. The first-order valence-corrected chi connectivity index (χ1v) is 9.11. The zero-order valence-electron chi connectivity index (χ0n) is 14.8. The van der Waals surface area contributed by atoms with E-state index in [9.17, 15) is 14.7 Å². The fourth-order valence-corrected chi connectivity index (χ4v) is 3.63. The third-order valence-electron chi connectivity index (χ3n) is 5.08. The molecule has 4 rings (SSSR count). The lowest BCUT2D eigenvalue weighted by Crippen LogP contribution is -2.31. The number of carboxylic acid groups (broad SMARTS) is 1. The molecule has 0 radical (unpaired) electrons. The summed E-state index contributed by atoms with van der Waals surface area (Å²) in [5.41, 5.74) is 1.85. The summed E-state index contributed by atoms with van der Waals surface area (Å²) in [5.74, 6) is -1.09. The number of nitrogens with zero attached hydrogens (tertiary/aromatic N) is 1. The number of hydrogen-bond acceptors (Lipinski definition) is 4. The maximum Gasteiger partial charge on any atom is 0.312 e. The summed E-state index contributed by atoms with van der Waals surface area (Å²) in [6.45, 7) is 1.56. The van der Waals surface area contributed by atoms with Crippen LogP contribution in [0.4, 0.5) is 5.69 Å². The van der Waals surface area contributed by atoms with Crippen molar-refractivity contribution >= 4 is 17.6 Å². The molecule has 140 valence electrons. The second kappa shape index (κ2) is 7.40. The first-order valence-electron chi connectivity index (χ1n) is 9.11. The molecular formula is C21H21NO5. The van der Waals surface area contributed by atoms with E-state index in [1.807, 2.05) is 6.07 Å². The van der Waals surface area contributed by atoms with Gasteiger partial charge in [0, 0.05) is 30.6 Å². The molecule has 1 amide bonds. The van der Waals surface area contributed by atoms with E-state index in [1.54, 1.807) is 47.4 Å². The lowest BCUT2D eigenvalue weighted by atomic mass is 10.0. The maximum absolute atomic E-state index is 13.0. The molecule has 2 aromatic rings. The van der Waals surface area contributed by atoms with Crippen LogP contribution in [0.3, 0.4) is 0 Å². The molecule has 2 aliphatic rings. The van der Waals surface area contributed by atoms with Crippen LogP contribution in [0.15, 0.2) is 48.5 Å². The van der Waals surface area contributed by atoms with E-state index in [1.165, 1.54) is 0 Å². The number of carboxylic acids is 1. The van der Waals surface area contributed by atoms with Gasteiger partial charge in [0.05, 0.1) is 13.2 Å². The summed E-state index contributed by atoms with van der Waals surface area (Å²) in [6, 6.07) is 14.2. The molecular weight excluding hydrogens is 346 g/mol. The number of para-hydroxylation sites is 1. The van der Waals surface area contributed by atoms with Gasteiger partial charge in [-0.2, -0.15) is 0 Å². The zero-order chi connectivity index (χ0) is 18.8. The third-order valence-corrected chi connectivity index (χ3v) is 5.08. The number of benzene rings is 2. The van der Waals surface area contributed by atoms with Crippen molar-refractivity contribution in [3.05, 3.63) is 59.7 Å². The molecule has 1 unspecified atom stereocenters. The fraction of sp³-hybridized carbons (Fsp3) is 0.333. The predicted molar refractivity (Wildman–Crippen MR) is 99.4 cm³/mol. The molecule has 2 heterocycles. The van der Waals surface area contributed by atoms with Crippen molar-refractivity contribution in [1.29, 1.82) is 0 Å². The Labute approximate surface area is 157 Å². The number of aliphatic carboxylic acids is 1. The summed E-state index contributed by atoms with van der Waals surface area (Å²) in [4.78, 5) is 26.0. The molecule has 1 saturated heterocycles. The Hall–Kier alpha value is -2.86. The fourth-order valence-electron chi connectivity index (χ4n) is 3.63. The van der Waals surface area contributed by atoms with E-state index in [4.69, 9.17) is 9.47 Å². The van der Waals surface area contributed by atoms with Crippen LogP contribution in [0.25, 0.3) is 0 Å². The Kier molecular flexibility index (Phi) is 4.81. The second-order valence-corrected chi connectivity index (χ2v) is 6.82. The maximum atomic E-state index is 13.0. The molecule has 1 atom stereocenters. The summed E-state index contributed by atoms with van der Waals surface area (Å²) < 4.78 is 11.3. The van der Waals surface area contributed by atoms with Crippen molar-refractivity contribution in [3.8, 4) is 5.75 Å². The molecule has 27 heavy (non-hydrogen) atoms. The molecule has 1 N–H and O–H groups in total. The smallest absolute Gasteiger partial charge is 0.312 e. The van der Waals surface area contributed by atoms with Gasteiger partial charge < -0.3 is 19.5 Å². The zero-order valence-corrected chi connectivity index (χ0v) is 14.8. The summed E-state index contributed by atoms with van der Waals surface area (Å²) in [7, 11) is 0. The lowest BCUT2D eigenvalue weighted by molar-refractivity contribution is -0.138. The van der Waals surface area contributed by atoms with Crippen LogP contribution in [-0.4, -0.2) is 42.8 Å². The highest BCUT2D eigenvalue weighted by Crippen LogP contribution is 2.37. The van der Waals surface area contributed by atoms with Crippen molar-refractivity contribution in [2.24, 2.45) is 0 Å². The molecule has 6 heteroatoms. The molecule has 2 aliphatic heterocycles. The van der Waals surface area contributed by atoms with E-state index in [0.29, 0.717) is 30.0 Å². The van der Waals surface area contributed by atoms with Crippen LogP contribution >= 0.6 is 0 Å². The number of carbonyl (C=O) groups excluding carboxylic acids is 1. The molecule has 6 nitrogen and oxygen atoms in total. The van der Waals surface area contributed by atoms with Gasteiger partial charge in [-0.05, 0) is 35.9 Å². The van der Waals surface area contributed by atoms with Gasteiger partial charge in [-0.1, -0.05) is 18.2 Å². The average molecular weight is 367 g/mol. The van der Waals surface area contributed by atoms with Crippen LogP contribution in [0.1, 0.15) is 34.7 Å². The molecule has 2 aromatic carbocycles. The minimum Gasteiger partial charge on any atom is -0.490 e. The van der Waals surface area contributed by atoms with Gasteiger partial charge in [0.15, 0.2) is 0 Å². The van der Waals surface area contributed by atoms with Crippen LogP contribution in [0, 0.1) is 0 Å². The van der Waals surface area contributed by atoms with Gasteiger partial charge in [-0.3, -0.25) is 9.59 Å². The minimum absolute atomic E-state index is 0.141. The lowest BCUT2D eigenvalue weighted by Gasteiger charge is -2.23. The van der Waals surface area contributed by atoms with E-state index >= 15 is 0 Å². The largest absolute Gasteiger partial charge is 0.490 e. The Bertz CT molecular complexity index is 842. The molecule has 1 fully saturated rings. The van der Waals surface area contributed by atoms with E-state index < -0.39 is 11.9 Å². The van der Waals surface area contributed by atoms with Gasteiger partial charge in [0.2, 0.25) is 0 Å². The number of hydrogen-bond donors (Lipinski definition) is 1. The van der Waals surface area contributed by atoms with Gasteiger partial charge in [0.25, 0.3) is 5.91 Å². The third kappa shape index (κ3) is 3.53. The van der Waals surface area contributed by atoms with Crippen molar-refractivity contribution < 1.29 is 24.2 Å². The number of ether oxygens (including phenoxy) is 2. The van der Waals surface area contributed by atoms with Crippen molar-refractivity contribution in [2.75, 3.05) is 24.7 Å². The van der Waals surface area contributed by atoms with E-state index in [0.717, 1.165) is 18.6 Å². The first kappa shape index (κ1) is 17.5. The van der Waals surface area contributed by atoms with Crippen molar-refractivity contribution in [2.45, 2.75) is 24.9 Å². The number of amides is 1. The number of rotatable bonds is 4. The van der Waals surface area contributed by atoms with Gasteiger partial charge in [0.1, 0.15) is 17.8 Å². The number of fused-ring (bicyclic) bond motifs is 1. The van der Waals surface area contributed by atoms with Crippen LogP contribution in [0.2, 0.25) is 0 Å². The van der Waals surface area contributed by atoms with Crippen LogP contribution in [-0.2, 0) is 9.53 Å². The molecule has 0 spiro atoms. The van der Waals surface area contributed by atoms with Crippen LogP contribution in [0.5, 0.6) is 5.75 Å². The minimum atomic E-state index is -0.919. The highest BCUT2D eigenvalue weighted by atomic mass is 16.5. The summed E-state index contributed by atoms with van der Waals surface area (Å²) in [6.07, 6.45) is 1.87. The normalized spacial score (nSPS) is 19.6. The topological polar surface area (TPSA) is 76.1 Å². The van der Waals surface area contributed by atoms with Gasteiger partial charge in [-0.15, -0.1) is 0 Å². The van der Waals surface area contributed by atoms with E-state index in [-0.39, 0.29) is 18.6 Å².